The molecule has 0 saturated carbocycles. The maximum Gasteiger partial charge on any atom is 0.245 e. The number of thiocarbonyl (C=S) groups is 1. The Morgan fingerprint density at radius 1 is 0.587 bits per heavy atom. The lowest BCUT2D eigenvalue weighted by atomic mass is 10.0. The number of carbonyl (C=O) groups excluding carboxylic acids is 8. The van der Waals surface area contributed by atoms with E-state index in [2.05, 4.69) is 42.5 Å². The van der Waals surface area contributed by atoms with Gasteiger partial charge in [0.15, 0.2) is 0 Å². The quantitative estimate of drug-likeness (QED) is 0.0413. The van der Waals surface area contributed by atoms with Gasteiger partial charge >= 0.3 is 0 Å². The van der Waals surface area contributed by atoms with Crippen LogP contribution in [0, 0.1) is 11.8 Å². The average Bonchev–Trinajstić information content (AvgIpc) is 3.24. The molecule has 0 saturated heterocycles. The number of nitrogens with one attached hydrogen (secondary N) is 8. The standard InChI is InChI=1S/C41H60N10O11S/c1-22(2)14-27(36(43)58)46-34(57)19-45-37(59)29(16-24-8-6-5-7-9-24)49-40(62)31(21-53)50-41(63)35(25-10-12-26(54)13-11-25)51-38(60)28(15-23(3)4)48-39(61)30(20-52)47-33(56)18-44-32(55)17-42/h5-13,22-23,27-31,35,52-54H,14-21,42H2,1-4H3,(H2,43,58)(H,44,55)(H,45,59)(H,46,57)(H,47,56)(H,48,61)(H,49,62)(H,50,63)(H,51,60)/t27-,28-,29-,30-,31-,35-/m0/s1. The van der Waals surface area contributed by atoms with E-state index < -0.39 is 110 Å². The molecule has 6 atom stereocenters. The van der Waals surface area contributed by atoms with Crippen LogP contribution in [0.4, 0.5) is 0 Å². The van der Waals surface area contributed by atoms with Crippen molar-refractivity contribution in [2.75, 3.05) is 32.8 Å². The van der Waals surface area contributed by atoms with Crippen LogP contribution in [0.3, 0.4) is 0 Å². The Labute approximate surface area is 370 Å². The van der Waals surface area contributed by atoms with Gasteiger partial charge in [-0.1, -0.05) is 82.4 Å². The topological polar surface area (TPSA) is 346 Å². The van der Waals surface area contributed by atoms with Gasteiger partial charge in [0, 0.05) is 6.42 Å². The van der Waals surface area contributed by atoms with Crippen molar-refractivity contribution in [2.24, 2.45) is 23.3 Å². The Morgan fingerprint density at radius 3 is 1.60 bits per heavy atom. The Kier molecular flexibility index (Phi) is 22.6. The Balaban J connectivity index is 2.31. The van der Waals surface area contributed by atoms with Gasteiger partial charge in [-0.05, 0) is 47.9 Å². The van der Waals surface area contributed by atoms with Crippen molar-refractivity contribution in [2.45, 2.75) is 83.2 Å². The van der Waals surface area contributed by atoms with Crippen molar-refractivity contribution < 1.29 is 53.7 Å². The van der Waals surface area contributed by atoms with Crippen LogP contribution >= 0.6 is 12.2 Å². The second-order valence-corrected chi connectivity index (χ2v) is 15.8. The lowest BCUT2D eigenvalue weighted by molar-refractivity contribution is -0.133. The maximum absolute atomic E-state index is 13.9. The Morgan fingerprint density at radius 2 is 1.08 bits per heavy atom. The molecule has 0 aromatic heterocycles. The molecule has 0 heterocycles. The molecular formula is C41H60N10O11S. The summed E-state index contributed by atoms with van der Waals surface area (Å²) >= 11 is 5.67. The molecule has 0 fully saturated rings. The van der Waals surface area contributed by atoms with E-state index in [1.807, 2.05) is 13.8 Å². The largest absolute Gasteiger partial charge is 0.508 e. The molecule has 0 aliphatic rings. The van der Waals surface area contributed by atoms with E-state index in [-0.39, 0.29) is 48.4 Å². The summed E-state index contributed by atoms with van der Waals surface area (Å²) < 4.78 is 0. The van der Waals surface area contributed by atoms with Crippen LogP contribution in [0.25, 0.3) is 0 Å². The number of aromatic hydroxyl groups is 1. The highest BCUT2D eigenvalue weighted by atomic mass is 32.1. The fourth-order valence-corrected chi connectivity index (χ4v) is 6.25. The summed E-state index contributed by atoms with van der Waals surface area (Å²) in [7, 11) is 0. The summed E-state index contributed by atoms with van der Waals surface area (Å²) in [6.45, 7) is 4.07. The fraction of sp³-hybridized carbons (Fsp3) is 0.488. The molecule has 2 aromatic carbocycles. The number of benzene rings is 2. The second-order valence-electron chi connectivity index (χ2n) is 15.4. The predicted molar refractivity (Wildman–Crippen MR) is 234 cm³/mol. The first-order chi connectivity index (χ1) is 29.8. The Bertz CT molecular complexity index is 1890. The van der Waals surface area contributed by atoms with Crippen molar-refractivity contribution in [1.82, 2.24) is 42.5 Å². The third-order valence-corrected chi connectivity index (χ3v) is 9.47. The van der Waals surface area contributed by atoms with Gasteiger partial charge < -0.3 is 69.3 Å². The molecule has 0 unspecified atom stereocenters. The van der Waals surface area contributed by atoms with Crippen molar-refractivity contribution in [1.29, 1.82) is 0 Å². The van der Waals surface area contributed by atoms with E-state index in [1.54, 1.807) is 44.2 Å². The molecule has 21 nitrogen and oxygen atoms in total. The van der Waals surface area contributed by atoms with E-state index in [0.717, 1.165) is 0 Å². The smallest absolute Gasteiger partial charge is 0.245 e. The van der Waals surface area contributed by atoms with Crippen LogP contribution in [0.5, 0.6) is 5.75 Å². The normalized spacial score (nSPS) is 13.8. The molecule has 2 rings (SSSR count). The van der Waals surface area contributed by atoms with Gasteiger partial charge in [0.2, 0.25) is 47.3 Å². The molecular weight excluding hydrogens is 841 g/mol. The number of carbonyl (C=O) groups is 8. The van der Waals surface area contributed by atoms with E-state index >= 15 is 0 Å². The number of hydrogen-bond donors (Lipinski definition) is 13. The molecule has 0 spiro atoms. The number of rotatable bonds is 26. The number of phenolic OH excluding ortho intramolecular Hbond substituents is 1. The van der Waals surface area contributed by atoms with Gasteiger partial charge in [0.1, 0.15) is 47.0 Å². The number of hydrogen-bond acceptors (Lipinski definition) is 13. The number of aliphatic hydroxyl groups is 2. The van der Waals surface area contributed by atoms with E-state index in [0.29, 0.717) is 11.1 Å². The molecule has 22 heteroatoms. The van der Waals surface area contributed by atoms with E-state index in [1.165, 1.54) is 24.3 Å². The van der Waals surface area contributed by atoms with Gasteiger partial charge in [-0.25, -0.2) is 0 Å². The molecule has 63 heavy (non-hydrogen) atoms. The molecule has 0 bridgehead atoms. The van der Waals surface area contributed by atoms with E-state index in [4.69, 9.17) is 23.7 Å². The molecule has 8 amide bonds. The Hall–Kier alpha value is -6.23. The number of aliphatic hydroxyl groups excluding tert-OH is 2. The summed E-state index contributed by atoms with van der Waals surface area (Å²) in [5.74, 6) is -6.51. The van der Waals surface area contributed by atoms with Crippen LogP contribution in [-0.2, 0) is 44.8 Å². The highest BCUT2D eigenvalue weighted by molar-refractivity contribution is 7.80. The zero-order valence-electron chi connectivity index (χ0n) is 35.6. The first-order valence-corrected chi connectivity index (χ1v) is 20.6. The van der Waals surface area contributed by atoms with Crippen LogP contribution in [-0.4, -0.2) is 131 Å². The molecule has 0 aliphatic carbocycles. The number of amides is 8. The second kappa shape index (κ2) is 27.0. The minimum Gasteiger partial charge on any atom is -0.508 e. The highest BCUT2D eigenvalue weighted by Gasteiger charge is 2.32. The number of nitrogens with two attached hydrogens (primary N) is 2. The van der Waals surface area contributed by atoms with Crippen molar-refractivity contribution in [3.8, 4) is 5.75 Å². The summed E-state index contributed by atoms with van der Waals surface area (Å²) in [4.78, 5) is 103. The first-order valence-electron chi connectivity index (χ1n) is 20.2. The van der Waals surface area contributed by atoms with Crippen LogP contribution in [0.15, 0.2) is 54.6 Å². The lowest BCUT2D eigenvalue weighted by Crippen LogP contribution is -2.58. The van der Waals surface area contributed by atoms with Gasteiger partial charge in [-0.15, -0.1) is 0 Å². The molecule has 2 aromatic rings. The van der Waals surface area contributed by atoms with Crippen LogP contribution in [0.2, 0.25) is 0 Å². The van der Waals surface area contributed by atoms with Gasteiger partial charge in [0.05, 0.1) is 32.8 Å². The van der Waals surface area contributed by atoms with Gasteiger partial charge in [-0.3, -0.25) is 38.4 Å². The molecule has 15 N–H and O–H groups in total. The molecule has 0 aliphatic heterocycles. The third kappa shape index (κ3) is 19.1. The summed E-state index contributed by atoms with van der Waals surface area (Å²) in [6, 6.07) is 6.34. The highest BCUT2D eigenvalue weighted by Crippen LogP contribution is 2.20. The monoisotopic (exact) mass is 900 g/mol. The van der Waals surface area contributed by atoms with Crippen molar-refractivity contribution in [3.63, 3.8) is 0 Å². The SMILES string of the molecule is CC(C)C[C@H](NC(=O)CNC(=O)[C@H](Cc1ccccc1)NC(=O)[C@H](CO)NC(=S)[C@@H](NC(=O)[C@H](CC(C)C)NC(=O)[C@H](CO)NC(=O)CNC(=O)CN)c1ccc(O)cc1)C(N)=O. The lowest BCUT2D eigenvalue weighted by Gasteiger charge is -2.29. The van der Waals surface area contributed by atoms with E-state index in [9.17, 15) is 53.7 Å². The number of primary amides is 1. The average molecular weight is 901 g/mol. The summed E-state index contributed by atoms with van der Waals surface area (Å²) in [6.07, 6.45) is 0.301. The van der Waals surface area contributed by atoms with Crippen molar-refractivity contribution >= 4 is 64.5 Å². The predicted octanol–water partition coefficient (Wildman–Crippen LogP) is -3.23. The minimum atomic E-state index is -1.51. The zero-order chi connectivity index (χ0) is 47.2. The minimum absolute atomic E-state index is 0.0321. The van der Waals surface area contributed by atoms with Crippen LogP contribution < -0.4 is 54.0 Å². The number of phenols is 1. The third-order valence-electron chi connectivity index (χ3n) is 9.12. The summed E-state index contributed by atoms with van der Waals surface area (Å²) in [5.41, 5.74) is 11.6. The maximum atomic E-state index is 13.9. The summed E-state index contributed by atoms with van der Waals surface area (Å²) in [5, 5.41) is 50.3. The fourth-order valence-electron chi connectivity index (χ4n) is 5.91. The molecule has 346 valence electrons. The first kappa shape index (κ1) is 52.9. The molecule has 0 radical (unpaired) electrons. The van der Waals surface area contributed by atoms with Gasteiger partial charge in [0.25, 0.3) is 0 Å². The van der Waals surface area contributed by atoms with Crippen LogP contribution in [0.1, 0.15) is 57.7 Å². The van der Waals surface area contributed by atoms with Gasteiger partial charge in [-0.2, -0.15) is 0 Å². The zero-order valence-corrected chi connectivity index (χ0v) is 36.5. The van der Waals surface area contributed by atoms with Crippen molar-refractivity contribution in [3.05, 3.63) is 65.7 Å².